The summed E-state index contributed by atoms with van der Waals surface area (Å²) in [6.07, 6.45) is 3.75. The molecule has 29 heavy (non-hydrogen) atoms. The SMILES string of the molecule is O=C(NCc1cnn(-c2ccc(F)cc2F)c1)N[C@@H]1CCSc2c(F)cccc21. The Kier molecular flexibility index (Phi) is 5.48. The predicted octanol–water partition coefficient (Wildman–Crippen LogP) is 4.33. The summed E-state index contributed by atoms with van der Waals surface area (Å²) in [6, 6.07) is 7.43. The van der Waals surface area contributed by atoms with Crippen LogP contribution in [0.1, 0.15) is 23.6 Å². The summed E-state index contributed by atoms with van der Waals surface area (Å²) in [5.41, 5.74) is 1.53. The molecule has 0 radical (unpaired) electrons. The van der Waals surface area contributed by atoms with E-state index in [1.165, 1.54) is 34.8 Å². The second kappa shape index (κ2) is 8.20. The van der Waals surface area contributed by atoms with Crippen LogP contribution < -0.4 is 10.6 Å². The van der Waals surface area contributed by atoms with Crippen molar-refractivity contribution in [1.82, 2.24) is 20.4 Å². The third kappa shape index (κ3) is 4.24. The average Bonchev–Trinajstić information content (AvgIpc) is 3.16. The van der Waals surface area contributed by atoms with Gasteiger partial charge in [0.2, 0.25) is 0 Å². The normalized spacial score (nSPS) is 15.6. The van der Waals surface area contributed by atoms with Crippen molar-refractivity contribution >= 4 is 17.8 Å². The van der Waals surface area contributed by atoms with Crippen LogP contribution in [0.2, 0.25) is 0 Å². The fourth-order valence-electron chi connectivity index (χ4n) is 3.18. The van der Waals surface area contributed by atoms with Crippen molar-refractivity contribution in [2.24, 2.45) is 0 Å². The van der Waals surface area contributed by atoms with Crippen molar-refractivity contribution < 1.29 is 18.0 Å². The molecule has 0 spiro atoms. The van der Waals surface area contributed by atoms with Gasteiger partial charge in [-0.2, -0.15) is 5.10 Å². The Balaban J connectivity index is 1.38. The molecule has 2 N–H and O–H groups in total. The molecule has 0 saturated heterocycles. The number of fused-ring (bicyclic) bond motifs is 1. The molecule has 150 valence electrons. The van der Waals surface area contributed by atoms with E-state index in [2.05, 4.69) is 15.7 Å². The molecular formula is C20H17F3N4OS. The molecule has 1 aliphatic rings. The van der Waals surface area contributed by atoms with Gasteiger partial charge in [0.15, 0.2) is 5.82 Å². The number of nitrogens with zero attached hydrogens (tertiary/aromatic N) is 2. The molecule has 0 aliphatic carbocycles. The topological polar surface area (TPSA) is 59.0 Å². The molecule has 0 bridgehead atoms. The smallest absolute Gasteiger partial charge is 0.315 e. The van der Waals surface area contributed by atoms with Crippen molar-refractivity contribution in [3.05, 3.63) is 77.4 Å². The number of hydrogen-bond acceptors (Lipinski definition) is 3. The van der Waals surface area contributed by atoms with E-state index < -0.39 is 17.7 Å². The molecule has 5 nitrogen and oxygen atoms in total. The summed E-state index contributed by atoms with van der Waals surface area (Å²) in [7, 11) is 0. The maximum Gasteiger partial charge on any atom is 0.315 e. The Labute approximate surface area is 169 Å². The zero-order valence-corrected chi connectivity index (χ0v) is 16.0. The quantitative estimate of drug-likeness (QED) is 0.663. The number of benzene rings is 2. The maximum atomic E-state index is 13.9. The number of nitrogens with one attached hydrogen (secondary N) is 2. The number of carbonyl (C=O) groups excluding carboxylic acids is 1. The summed E-state index contributed by atoms with van der Waals surface area (Å²) in [6.45, 7) is 0.173. The fraction of sp³-hybridized carbons (Fsp3) is 0.200. The molecule has 1 atom stereocenters. The van der Waals surface area contributed by atoms with Gasteiger partial charge in [0.25, 0.3) is 0 Å². The van der Waals surface area contributed by atoms with Gasteiger partial charge >= 0.3 is 6.03 Å². The van der Waals surface area contributed by atoms with Crippen LogP contribution in [0, 0.1) is 17.5 Å². The highest BCUT2D eigenvalue weighted by Crippen LogP contribution is 2.37. The zero-order valence-electron chi connectivity index (χ0n) is 15.2. The lowest BCUT2D eigenvalue weighted by molar-refractivity contribution is 0.236. The molecule has 2 amide bonds. The summed E-state index contributed by atoms with van der Waals surface area (Å²) in [5, 5.41) is 9.64. The van der Waals surface area contributed by atoms with E-state index in [-0.39, 0.29) is 24.1 Å². The summed E-state index contributed by atoms with van der Waals surface area (Å²) in [4.78, 5) is 12.9. The number of amides is 2. The molecule has 4 rings (SSSR count). The minimum absolute atomic E-state index is 0.112. The standard InChI is InChI=1S/C20H17F3N4OS/c21-13-4-5-18(16(23)8-13)27-11-12(10-25-27)9-24-20(28)26-17-6-7-29-19-14(17)2-1-3-15(19)22/h1-5,8,10-11,17H,6-7,9H2,(H2,24,26,28)/t17-/m1/s1. The zero-order chi connectivity index (χ0) is 20.4. The maximum absolute atomic E-state index is 13.9. The summed E-state index contributed by atoms with van der Waals surface area (Å²) in [5.74, 6) is -0.958. The van der Waals surface area contributed by atoms with Crippen LogP contribution in [0.4, 0.5) is 18.0 Å². The van der Waals surface area contributed by atoms with Crippen LogP contribution in [-0.2, 0) is 6.54 Å². The van der Waals surface area contributed by atoms with E-state index in [4.69, 9.17) is 0 Å². The van der Waals surface area contributed by atoms with Gasteiger partial charge in [0.05, 0.1) is 12.2 Å². The minimum atomic E-state index is -0.730. The second-order valence-electron chi connectivity index (χ2n) is 6.56. The molecule has 1 aromatic heterocycles. The molecule has 2 heterocycles. The van der Waals surface area contributed by atoms with Crippen LogP contribution in [-0.4, -0.2) is 21.6 Å². The number of rotatable bonds is 4. The molecule has 0 fully saturated rings. The third-order valence-corrected chi connectivity index (χ3v) is 5.74. The first-order chi connectivity index (χ1) is 14.0. The van der Waals surface area contributed by atoms with Crippen molar-refractivity contribution in [1.29, 1.82) is 0 Å². The Morgan fingerprint density at radius 1 is 1.21 bits per heavy atom. The van der Waals surface area contributed by atoms with E-state index in [1.807, 2.05) is 6.07 Å². The van der Waals surface area contributed by atoms with Crippen LogP contribution in [0.5, 0.6) is 0 Å². The monoisotopic (exact) mass is 418 g/mol. The largest absolute Gasteiger partial charge is 0.334 e. The highest BCUT2D eigenvalue weighted by Gasteiger charge is 2.24. The van der Waals surface area contributed by atoms with E-state index in [9.17, 15) is 18.0 Å². The summed E-state index contributed by atoms with van der Waals surface area (Å²) >= 11 is 1.45. The van der Waals surface area contributed by atoms with Crippen LogP contribution in [0.3, 0.4) is 0 Å². The van der Waals surface area contributed by atoms with Gasteiger partial charge in [-0.1, -0.05) is 12.1 Å². The molecule has 9 heteroatoms. The summed E-state index contributed by atoms with van der Waals surface area (Å²) < 4.78 is 42.1. The van der Waals surface area contributed by atoms with Gasteiger partial charge in [-0.15, -0.1) is 11.8 Å². The van der Waals surface area contributed by atoms with Crippen LogP contribution >= 0.6 is 11.8 Å². The van der Waals surface area contributed by atoms with E-state index in [0.717, 1.165) is 23.4 Å². The molecule has 0 unspecified atom stereocenters. The first kappa shape index (κ1) is 19.4. The lowest BCUT2D eigenvalue weighted by atomic mass is 10.0. The van der Waals surface area contributed by atoms with Crippen molar-refractivity contribution in [2.75, 3.05) is 5.75 Å². The lowest BCUT2D eigenvalue weighted by Gasteiger charge is -2.26. The van der Waals surface area contributed by atoms with E-state index in [0.29, 0.717) is 16.9 Å². The van der Waals surface area contributed by atoms with Crippen LogP contribution in [0.15, 0.2) is 53.7 Å². The second-order valence-corrected chi connectivity index (χ2v) is 7.67. The molecular weight excluding hydrogens is 401 g/mol. The van der Waals surface area contributed by atoms with Gasteiger partial charge in [0, 0.05) is 35.0 Å². The van der Waals surface area contributed by atoms with Crippen molar-refractivity contribution in [2.45, 2.75) is 23.9 Å². The number of urea groups is 1. The molecule has 0 saturated carbocycles. The lowest BCUT2D eigenvalue weighted by Crippen LogP contribution is -2.38. The predicted molar refractivity (Wildman–Crippen MR) is 103 cm³/mol. The Morgan fingerprint density at radius 3 is 2.90 bits per heavy atom. The minimum Gasteiger partial charge on any atom is -0.334 e. The van der Waals surface area contributed by atoms with Gasteiger partial charge in [-0.05, 0) is 30.2 Å². The molecule has 2 aromatic carbocycles. The van der Waals surface area contributed by atoms with Gasteiger partial charge in [0.1, 0.15) is 17.3 Å². The third-order valence-electron chi connectivity index (χ3n) is 4.58. The fourth-order valence-corrected chi connectivity index (χ4v) is 4.32. The van der Waals surface area contributed by atoms with Crippen LogP contribution in [0.25, 0.3) is 5.69 Å². The Hall–Kier alpha value is -2.94. The first-order valence-electron chi connectivity index (χ1n) is 8.96. The Morgan fingerprint density at radius 2 is 2.07 bits per heavy atom. The van der Waals surface area contributed by atoms with Gasteiger partial charge in [-0.25, -0.2) is 22.6 Å². The number of thioether (sulfide) groups is 1. The number of aromatic nitrogens is 2. The van der Waals surface area contributed by atoms with Crippen molar-refractivity contribution in [3.63, 3.8) is 0 Å². The van der Waals surface area contributed by atoms with Gasteiger partial charge < -0.3 is 10.6 Å². The molecule has 3 aromatic rings. The van der Waals surface area contributed by atoms with E-state index in [1.54, 1.807) is 12.3 Å². The van der Waals surface area contributed by atoms with Gasteiger partial charge in [-0.3, -0.25) is 0 Å². The number of carbonyl (C=O) groups is 1. The highest BCUT2D eigenvalue weighted by molar-refractivity contribution is 7.99. The van der Waals surface area contributed by atoms with E-state index >= 15 is 0 Å². The molecule has 1 aliphatic heterocycles. The van der Waals surface area contributed by atoms with Crippen molar-refractivity contribution in [3.8, 4) is 5.69 Å². The Bertz CT molecular complexity index is 1060. The highest BCUT2D eigenvalue weighted by atomic mass is 32.2. The average molecular weight is 418 g/mol. The first-order valence-corrected chi connectivity index (χ1v) is 9.94. The number of hydrogen-bond donors (Lipinski definition) is 2. The number of halogens is 3.